The first-order valence-electron chi connectivity index (χ1n) is 9.83. The van der Waals surface area contributed by atoms with E-state index in [9.17, 15) is 9.59 Å². The van der Waals surface area contributed by atoms with Gasteiger partial charge in [-0.1, -0.05) is 18.2 Å². The second kappa shape index (κ2) is 8.28. The van der Waals surface area contributed by atoms with Crippen molar-refractivity contribution in [1.82, 2.24) is 30.4 Å². The van der Waals surface area contributed by atoms with Gasteiger partial charge in [-0.3, -0.25) is 9.59 Å². The van der Waals surface area contributed by atoms with Gasteiger partial charge in [-0.2, -0.15) is 0 Å². The third-order valence-electron chi connectivity index (χ3n) is 5.16. The van der Waals surface area contributed by atoms with E-state index in [2.05, 4.69) is 33.0 Å². The van der Waals surface area contributed by atoms with E-state index in [1.807, 2.05) is 30.9 Å². The molecule has 0 spiro atoms. The highest BCUT2D eigenvalue weighted by Gasteiger charge is 2.32. The summed E-state index contributed by atoms with van der Waals surface area (Å²) in [5.74, 6) is 0.228. The van der Waals surface area contributed by atoms with Crippen LogP contribution in [0.1, 0.15) is 47.8 Å². The maximum Gasteiger partial charge on any atom is 0.261 e. The number of rotatable bonds is 6. The zero-order valence-corrected chi connectivity index (χ0v) is 17.4. The summed E-state index contributed by atoms with van der Waals surface area (Å²) in [7, 11) is 0. The van der Waals surface area contributed by atoms with Crippen LogP contribution in [-0.4, -0.2) is 56.1 Å². The molecule has 3 heterocycles. The Bertz CT molecular complexity index is 1010. The molecule has 0 aliphatic carbocycles. The molecule has 1 atom stereocenters. The first-order valence-corrected chi connectivity index (χ1v) is 10.7. The molecule has 1 aromatic carbocycles. The number of thiophene rings is 1. The number of carbonyl (C=O) groups is 2. The van der Waals surface area contributed by atoms with Gasteiger partial charge in [0.05, 0.1) is 11.4 Å². The average molecular weight is 413 g/mol. The minimum absolute atomic E-state index is 0.0281. The van der Waals surface area contributed by atoms with Gasteiger partial charge in [0.15, 0.2) is 0 Å². The molecule has 1 N–H and O–H groups in total. The third-order valence-corrected chi connectivity index (χ3v) is 6.34. The number of aromatic nitrogens is 4. The molecular weight excluding hydrogens is 388 g/mol. The van der Waals surface area contributed by atoms with Crippen molar-refractivity contribution in [3.63, 3.8) is 0 Å². The second-order valence-corrected chi connectivity index (χ2v) is 8.67. The van der Waals surface area contributed by atoms with E-state index in [1.165, 1.54) is 17.7 Å². The molecule has 1 saturated heterocycles. The van der Waals surface area contributed by atoms with Crippen LogP contribution < -0.4 is 5.32 Å². The highest BCUT2D eigenvalue weighted by atomic mass is 32.1. The Hall–Kier alpha value is -2.81. The molecule has 1 aliphatic heterocycles. The Balaban J connectivity index is 1.53. The standard InChI is InChI=1S/C20H24N6O2S/c1-13(2)22-20(28)19-18(15-5-3-4-6-16(15)29-19)14-7-9-25(11-14)17(27)8-10-26-12-21-23-24-26/h3-6,12-14H,7-11H2,1-2H3,(H,22,28)/t14-/m1/s1. The van der Waals surface area contributed by atoms with Gasteiger partial charge in [0.1, 0.15) is 6.33 Å². The van der Waals surface area contributed by atoms with E-state index in [-0.39, 0.29) is 23.8 Å². The lowest BCUT2D eigenvalue weighted by Crippen LogP contribution is -2.31. The molecule has 9 heteroatoms. The van der Waals surface area contributed by atoms with Gasteiger partial charge in [0.2, 0.25) is 5.91 Å². The van der Waals surface area contributed by atoms with E-state index in [0.717, 1.165) is 26.9 Å². The predicted molar refractivity (Wildman–Crippen MR) is 111 cm³/mol. The van der Waals surface area contributed by atoms with Crippen LogP contribution in [0.25, 0.3) is 10.1 Å². The number of nitrogens with zero attached hydrogens (tertiary/aromatic N) is 5. The topological polar surface area (TPSA) is 93.0 Å². The lowest BCUT2D eigenvalue weighted by molar-refractivity contribution is -0.130. The van der Waals surface area contributed by atoms with Crippen LogP contribution in [0.4, 0.5) is 0 Å². The van der Waals surface area contributed by atoms with Crippen molar-refractivity contribution in [2.45, 2.75) is 45.2 Å². The highest BCUT2D eigenvalue weighted by molar-refractivity contribution is 7.21. The summed E-state index contributed by atoms with van der Waals surface area (Å²) in [5.41, 5.74) is 1.08. The van der Waals surface area contributed by atoms with E-state index >= 15 is 0 Å². The summed E-state index contributed by atoms with van der Waals surface area (Å²) in [6.07, 6.45) is 2.74. The molecule has 1 aliphatic rings. The van der Waals surface area contributed by atoms with Crippen molar-refractivity contribution in [1.29, 1.82) is 0 Å². The normalized spacial score (nSPS) is 16.7. The van der Waals surface area contributed by atoms with Crippen molar-refractivity contribution < 1.29 is 9.59 Å². The number of likely N-dealkylation sites (tertiary alicyclic amines) is 1. The smallest absolute Gasteiger partial charge is 0.261 e. The summed E-state index contributed by atoms with van der Waals surface area (Å²) < 4.78 is 2.67. The van der Waals surface area contributed by atoms with Crippen LogP contribution in [0.2, 0.25) is 0 Å². The molecule has 2 amide bonds. The zero-order chi connectivity index (χ0) is 20.4. The minimum atomic E-state index is -0.0281. The van der Waals surface area contributed by atoms with Crippen LogP contribution in [0, 0.1) is 0 Å². The van der Waals surface area contributed by atoms with Crippen molar-refractivity contribution in [3.8, 4) is 0 Å². The maximum atomic E-state index is 12.8. The van der Waals surface area contributed by atoms with Crippen LogP contribution >= 0.6 is 11.3 Å². The molecule has 0 bridgehead atoms. The van der Waals surface area contributed by atoms with Gasteiger partial charge in [0, 0.05) is 36.2 Å². The van der Waals surface area contributed by atoms with Crippen LogP contribution in [0.3, 0.4) is 0 Å². The number of aryl methyl sites for hydroxylation is 1. The fraction of sp³-hybridized carbons (Fsp3) is 0.450. The van der Waals surface area contributed by atoms with E-state index in [4.69, 9.17) is 0 Å². The molecule has 3 aromatic rings. The number of fused-ring (bicyclic) bond motifs is 1. The number of tetrazole rings is 1. The molecule has 0 saturated carbocycles. The monoisotopic (exact) mass is 412 g/mol. The fourth-order valence-corrected chi connectivity index (χ4v) is 5.03. The molecule has 2 aromatic heterocycles. The number of nitrogens with one attached hydrogen (secondary N) is 1. The molecule has 29 heavy (non-hydrogen) atoms. The summed E-state index contributed by atoms with van der Waals surface area (Å²) in [6, 6.07) is 8.21. The molecule has 4 rings (SSSR count). The maximum absolute atomic E-state index is 12.8. The molecule has 8 nitrogen and oxygen atoms in total. The third kappa shape index (κ3) is 4.14. The van der Waals surface area contributed by atoms with Crippen molar-refractivity contribution in [2.75, 3.05) is 13.1 Å². The SMILES string of the molecule is CC(C)NC(=O)c1sc2ccccc2c1[C@@H]1CCN(C(=O)CCn2cnnn2)C1. The largest absolute Gasteiger partial charge is 0.349 e. The quantitative estimate of drug-likeness (QED) is 0.671. The van der Waals surface area contributed by atoms with E-state index in [0.29, 0.717) is 26.1 Å². The van der Waals surface area contributed by atoms with Crippen LogP contribution in [0.15, 0.2) is 30.6 Å². The Morgan fingerprint density at radius 3 is 2.90 bits per heavy atom. The molecule has 1 fully saturated rings. The van der Waals surface area contributed by atoms with Crippen molar-refractivity contribution in [3.05, 3.63) is 41.0 Å². The molecular formula is C20H24N6O2S. The Morgan fingerprint density at radius 1 is 1.31 bits per heavy atom. The number of hydrogen-bond acceptors (Lipinski definition) is 6. The first-order chi connectivity index (χ1) is 14.0. The summed E-state index contributed by atoms with van der Waals surface area (Å²) in [6.45, 7) is 5.74. The zero-order valence-electron chi connectivity index (χ0n) is 16.5. The average Bonchev–Trinajstić information content (AvgIpc) is 3.43. The second-order valence-electron chi connectivity index (χ2n) is 7.62. The molecule has 0 radical (unpaired) electrons. The molecule has 0 unspecified atom stereocenters. The summed E-state index contributed by atoms with van der Waals surface area (Å²) in [5, 5.41) is 15.1. The Labute approximate surface area is 172 Å². The van der Waals surface area contributed by atoms with Gasteiger partial charge in [-0.25, -0.2) is 4.68 Å². The number of benzene rings is 1. The lowest BCUT2D eigenvalue weighted by atomic mass is 9.95. The van der Waals surface area contributed by atoms with Crippen LogP contribution in [-0.2, 0) is 11.3 Å². The van der Waals surface area contributed by atoms with Gasteiger partial charge < -0.3 is 10.2 Å². The summed E-state index contributed by atoms with van der Waals surface area (Å²) in [4.78, 5) is 28.2. The van der Waals surface area contributed by atoms with Crippen LogP contribution in [0.5, 0.6) is 0 Å². The number of amides is 2. The number of carbonyl (C=O) groups excluding carboxylic acids is 2. The van der Waals surface area contributed by atoms with Gasteiger partial charge >= 0.3 is 0 Å². The minimum Gasteiger partial charge on any atom is -0.349 e. The fourth-order valence-electron chi connectivity index (χ4n) is 3.84. The Kier molecular flexibility index (Phi) is 5.57. The van der Waals surface area contributed by atoms with Crippen molar-refractivity contribution >= 4 is 33.2 Å². The van der Waals surface area contributed by atoms with Gasteiger partial charge in [0.25, 0.3) is 5.91 Å². The number of hydrogen-bond donors (Lipinski definition) is 1. The first kappa shape index (κ1) is 19.5. The van der Waals surface area contributed by atoms with E-state index < -0.39 is 0 Å². The van der Waals surface area contributed by atoms with E-state index in [1.54, 1.807) is 4.68 Å². The lowest BCUT2D eigenvalue weighted by Gasteiger charge is -2.17. The summed E-state index contributed by atoms with van der Waals surface area (Å²) >= 11 is 1.54. The van der Waals surface area contributed by atoms with Crippen molar-refractivity contribution in [2.24, 2.45) is 0 Å². The van der Waals surface area contributed by atoms with Gasteiger partial charge in [-0.05, 0) is 47.7 Å². The van der Waals surface area contributed by atoms with Gasteiger partial charge in [-0.15, -0.1) is 16.4 Å². The highest BCUT2D eigenvalue weighted by Crippen LogP contribution is 2.40. The Morgan fingerprint density at radius 2 is 2.14 bits per heavy atom. The molecule has 152 valence electrons. The predicted octanol–water partition coefficient (Wildman–Crippen LogP) is 2.43.